The van der Waals surface area contributed by atoms with Crippen molar-refractivity contribution in [3.05, 3.63) is 45.6 Å². The Morgan fingerprint density at radius 1 is 1.33 bits per heavy atom. The summed E-state index contributed by atoms with van der Waals surface area (Å²) in [6.45, 7) is 1.94. The third kappa shape index (κ3) is 2.28. The van der Waals surface area contributed by atoms with Crippen molar-refractivity contribution in [1.29, 1.82) is 0 Å². The van der Waals surface area contributed by atoms with Gasteiger partial charge in [-0.1, -0.05) is 25.1 Å². The molecule has 0 saturated carbocycles. The van der Waals surface area contributed by atoms with E-state index in [4.69, 9.17) is 4.74 Å². The predicted octanol–water partition coefficient (Wildman–Crippen LogP) is 4.36. The van der Waals surface area contributed by atoms with Crippen molar-refractivity contribution in [2.75, 3.05) is 7.11 Å². The van der Waals surface area contributed by atoms with Crippen molar-refractivity contribution < 1.29 is 9.53 Å². The van der Waals surface area contributed by atoms with Crippen LogP contribution in [-0.4, -0.2) is 17.6 Å². The Bertz CT molecular complexity index is 935. The zero-order valence-electron chi connectivity index (χ0n) is 14.3. The van der Waals surface area contributed by atoms with E-state index >= 15 is 0 Å². The number of methoxy groups -OCH3 is 1. The second kappa shape index (κ2) is 5.78. The van der Waals surface area contributed by atoms with Gasteiger partial charge in [0.2, 0.25) is 0 Å². The molecule has 0 fully saturated rings. The zero-order chi connectivity index (χ0) is 16.8. The van der Waals surface area contributed by atoms with Gasteiger partial charge >= 0.3 is 5.97 Å². The van der Waals surface area contributed by atoms with Crippen molar-refractivity contribution >= 4 is 28.2 Å². The molecule has 1 aromatic carbocycles. The van der Waals surface area contributed by atoms with Gasteiger partial charge in [-0.3, -0.25) is 4.79 Å². The number of benzene rings is 1. The molecular formula is C20H21NO2S. The second-order valence-corrected chi connectivity index (χ2v) is 7.80. The summed E-state index contributed by atoms with van der Waals surface area (Å²) >= 11 is 1.85. The number of hydrogen-bond donors (Lipinski definition) is 0. The zero-order valence-corrected chi connectivity index (χ0v) is 15.1. The molecule has 1 aliphatic carbocycles. The third-order valence-electron chi connectivity index (χ3n) is 5.04. The van der Waals surface area contributed by atoms with Gasteiger partial charge < -0.3 is 9.30 Å². The van der Waals surface area contributed by atoms with Gasteiger partial charge in [0.05, 0.1) is 18.7 Å². The van der Waals surface area contributed by atoms with Crippen LogP contribution in [0.1, 0.15) is 22.2 Å². The molecule has 1 atom stereocenters. The summed E-state index contributed by atoms with van der Waals surface area (Å²) in [7, 11) is 3.62. The fraction of sp³-hybridized carbons (Fsp3) is 0.350. The summed E-state index contributed by atoms with van der Waals surface area (Å²) < 4.78 is 7.19. The van der Waals surface area contributed by atoms with Gasteiger partial charge in [0.1, 0.15) is 0 Å². The maximum Gasteiger partial charge on any atom is 0.308 e. The lowest BCUT2D eigenvalue weighted by Gasteiger charge is -2.14. The average molecular weight is 339 g/mol. The molecule has 1 unspecified atom stereocenters. The van der Waals surface area contributed by atoms with Crippen LogP contribution in [0.2, 0.25) is 0 Å². The van der Waals surface area contributed by atoms with Crippen LogP contribution >= 0.6 is 11.3 Å². The highest BCUT2D eigenvalue weighted by molar-refractivity contribution is 7.12. The number of carbonyl (C=O) groups excluding carboxylic acids is 1. The fourth-order valence-electron chi connectivity index (χ4n) is 3.86. The normalized spacial score (nSPS) is 14.3. The lowest BCUT2D eigenvalue weighted by atomic mass is 9.94. The molecule has 3 aromatic rings. The molecule has 0 bridgehead atoms. The fourth-order valence-corrected chi connectivity index (χ4v) is 5.16. The van der Waals surface area contributed by atoms with Crippen LogP contribution < -0.4 is 0 Å². The molecule has 0 aliphatic heterocycles. The van der Waals surface area contributed by atoms with Gasteiger partial charge in [-0.05, 0) is 37.0 Å². The molecule has 1 aliphatic rings. The van der Waals surface area contributed by atoms with Gasteiger partial charge in [-0.15, -0.1) is 11.3 Å². The number of hydrogen-bond acceptors (Lipinski definition) is 3. The van der Waals surface area contributed by atoms with Crippen molar-refractivity contribution in [3.8, 4) is 11.3 Å². The van der Waals surface area contributed by atoms with Crippen LogP contribution in [0.4, 0.5) is 0 Å². The van der Waals surface area contributed by atoms with Crippen molar-refractivity contribution in [2.24, 2.45) is 13.0 Å². The van der Waals surface area contributed by atoms with Gasteiger partial charge in [0.15, 0.2) is 0 Å². The summed E-state index contributed by atoms with van der Waals surface area (Å²) in [6, 6.07) is 10.9. The number of para-hydroxylation sites is 1. The maximum absolute atomic E-state index is 11.7. The maximum atomic E-state index is 11.7. The predicted molar refractivity (Wildman–Crippen MR) is 98.5 cm³/mol. The highest BCUT2D eigenvalue weighted by atomic mass is 32.1. The van der Waals surface area contributed by atoms with E-state index in [9.17, 15) is 4.79 Å². The number of esters is 1. The van der Waals surface area contributed by atoms with Crippen LogP contribution in [0.25, 0.3) is 22.2 Å². The molecule has 124 valence electrons. The summed E-state index contributed by atoms with van der Waals surface area (Å²) in [5, 5.41) is 1.37. The molecule has 24 heavy (non-hydrogen) atoms. The van der Waals surface area contributed by atoms with E-state index < -0.39 is 0 Å². The Morgan fingerprint density at radius 2 is 2.12 bits per heavy atom. The van der Waals surface area contributed by atoms with Gasteiger partial charge in [-0.25, -0.2) is 0 Å². The second-order valence-electron chi connectivity index (χ2n) is 6.58. The molecule has 2 aromatic heterocycles. The number of fused-ring (bicyclic) bond motifs is 5. The minimum absolute atomic E-state index is 0.0953. The van der Waals surface area contributed by atoms with Crippen LogP contribution in [0.15, 0.2) is 30.3 Å². The van der Waals surface area contributed by atoms with Gasteiger partial charge in [0, 0.05) is 33.3 Å². The Hall–Kier alpha value is -2.07. The van der Waals surface area contributed by atoms with Crippen LogP contribution in [-0.2, 0) is 35.8 Å². The number of carbonyl (C=O) groups is 1. The van der Waals surface area contributed by atoms with Crippen LogP contribution in [0.3, 0.4) is 0 Å². The van der Waals surface area contributed by atoms with Crippen LogP contribution in [0.5, 0.6) is 0 Å². The molecule has 2 heterocycles. The average Bonchev–Trinajstić information content (AvgIpc) is 3.13. The standard InChI is InChI=1S/C20H21NO2S/c1-12(20(22)23-3)10-13-11-16-18(24-13)9-8-15-14-6-4-5-7-17(14)21(2)19(15)16/h4-7,11-12H,8-10H2,1-3H3. The minimum Gasteiger partial charge on any atom is -0.469 e. The van der Waals surface area contributed by atoms with E-state index in [1.54, 1.807) is 0 Å². The SMILES string of the molecule is COC(=O)C(C)Cc1cc2c(s1)CCc1c-2n(C)c2ccccc12. The Morgan fingerprint density at radius 3 is 2.92 bits per heavy atom. The Labute approximate surface area is 145 Å². The molecule has 0 N–H and O–H groups in total. The van der Waals surface area contributed by atoms with E-state index in [0.717, 1.165) is 19.3 Å². The number of aromatic nitrogens is 1. The van der Waals surface area contributed by atoms with Crippen molar-refractivity contribution in [3.63, 3.8) is 0 Å². The number of nitrogens with zero attached hydrogens (tertiary/aromatic N) is 1. The first kappa shape index (κ1) is 15.5. The first-order valence-corrected chi connectivity index (χ1v) is 9.18. The highest BCUT2D eigenvalue weighted by Gasteiger charge is 2.26. The number of thiophene rings is 1. The number of aryl methyl sites for hydroxylation is 3. The molecule has 0 saturated heterocycles. The lowest BCUT2D eigenvalue weighted by Crippen LogP contribution is -2.14. The molecule has 0 radical (unpaired) electrons. The molecule has 0 spiro atoms. The topological polar surface area (TPSA) is 31.2 Å². The molecule has 4 heteroatoms. The van der Waals surface area contributed by atoms with E-state index in [-0.39, 0.29) is 11.9 Å². The minimum atomic E-state index is -0.133. The van der Waals surface area contributed by atoms with Gasteiger partial charge in [-0.2, -0.15) is 0 Å². The smallest absolute Gasteiger partial charge is 0.308 e. The molecule has 3 nitrogen and oxygen atoms in total. The first-order valence-electron chi connectivity index (χ1n) is 8.36. The summed E-state index contributed by atoms with van der Waals surface area (Å²) in [5.74, 6) is -0.228. The van der Waals surface area contributed by atoms with E-state index in [1.807, 2.05) is 18.3 Å². The molecule has 0 amide bonds. The summed E-state index contributed by atoms with van der Waals surface area (Å²) in [4.78, 5) is 14.4. The largest absolute Gasteiger partial charge is 0.469 e. The van der Waals surface area contributed by atoms with Crippen molar-refractivity contribution in [1.82, 2.24) is 4.57 Å². The van der Waals surface area contributed by atoms with Crippen LogP contribution in [0, 0.1) is 5.92 Å². The Kier molecular flexibility index (Phi) is 3.72. The third-order valence-corrected chi connectivity index (χ3v) is 6.26. The van der Waals surface area contributed by atoms with Crippen molar-refractivity contribution in [2.45, 2.75) is 26.2 Å². The highest BCUT2D eigenvalue weighted by Crippen LogP contribution is 2.43. The van der Waals surface area contributed by atoms with E-state index in [1.165, 1.54) is 44.6 Å². The van der Waals surface area contributed by atoms with E-state index in [0.29, 0.717) is 0 Å². The monoisotopic (exact) mass is 339 g/mol. The molecule has 4 rings (SSSR count). The first-order chi connectivity index (χ1) is 11.6. The lowest BCUT2D eigenvalue weighted by molar-refractivity contribution is -0.144. The molecular weight excluding hydrogens is 318 g/mol. The number of ether oxygens (including phenoxy) is 1. The summed E-state index contributed by atoms with van der Waals surface area (Å²) in [6.07, 6.45) is 2.94. The summed E-state index contributed by atoms with van der Waals surface area (Å²) in [5.41, 5.74) is 5.47. The van der Waals surface area contributed by atoms with E-state index in [2.05, 4.69) is 41.9 Å². The van der Waals surface area contributed by atoms with Gasteiger partial charge in [0.25, 0.3) is 0 Å². The quantitative estimate of drug-likeness (QED) is 0.664. The Balaban J connectivity index is 1.78. The number of rotatable bonds is 3.